The molecule has 1 aromatic carbocycles. The summed E-state index contributed by atoms with van der Waals surface area (Å²) in [4.78, 5) is 7.93. The Labute approximate surface area is 88.0 Å². The number of aryl methyl sites for hydroxylation is 2. The van der Waals surface area contributed by atoms with Gasteiger partial charge in [-0.3, -0.25) is 4.98 Å². The Morgan fingerprint density at radius 3 is 2.73 bits per heavy atom. The monoisotopic (exact) mass is 196 g/mol. The number of benzene rings is 1. The molecule has 0 saturated carbocycles. The lowest BCUT2D eigenvalue weighted by molar-refractivity contribution is 1.26. The van der Waals surface area contributed by atoms with Crippen LogP contribution in [-0.2, 0) is 0 Å². The van der Waals surface area contributed by atoms with Gasteiger partial charge in [0.05, 0.1) is 5.52 Å². The average Bonchev–Trinajstić information content (AvgIpc) is 2.58. The van der Waals surface area contributed by atoms with Crippen molar-refractivity contribution in [1.29, 1.82) is 0 Å². The van der Waals surface area contributed by atoms with Crippen LogP contribution in [0.15, 0.2) is 30.3 Å². The van der Waals surface area contributed by atoms with Crippen LogP contribution in [0.5, 0.6) is 0 Å². The smallest absolute Gasteiger partial charge is 0.0798 e. The Balaban J connectivity index is 2.56. The molecule has 0 aliphatic carbocycles. The van der Waals surface area contributed by atoms with Crippen LogP contribution < -0.4 is 0 Å². The number of pyridine rings is 1. The molecule has 0 amide bonds. The molecule has 2 aromatic heterocycles. The molecule has 1 N–H and O–H groups in total. The van der Waals surface area contributed by atoms with Crippen molar-refractivity contribution < 1.29 is 0 Å². The summed E-state index contributed by atoms with van der Waals surface area (Å²) in [5.74, 6) is 0. The fourth-order valence-corrected chi connectivity index (χ4v) is 2.03. The highest BCUT2D eigenvalue weighted by atomic mass is 14.7. The fraction of sp³-hybridized carbons (Fsp3) is 0.154. The minimum Gasteiger partial charge on any atom is -0.359 e. The number of hydrogen-bond donors (Lipinski definition) is 1. The predicted octanol–water partition coefficient (Wildman–Crippen LogP) is 3.33. The van der Waals surface area contributed by atoms with E-state index in [0.29, 0.717) is 0 Å². The third-order valence-electron chi connectivity index (χ3n) is 2.73. The second-order valence-corrected chi connectivity index (χ2v) is 4.00. The SMILES string of the molecule is Cc1ccc2ccc3[nH]c(C)cc3c2n1. The number of aromatic nitrogens is 2. The van der Waals surface area contributed by atoms with Gasteiger partial charge in [0.1, 0.15) is 0 Å². The highest BCUT2D eigenvalue weighted by molar-refractivity contribution is 6.04. The summed E-state index contributed by atoms with van der Waals surface area (Å²) >= 11 is 0. The number of fused-ring (bicyclic) bond motifs is 3. The summed E-state index contributed by atoms with van der Waals surface area (Å²) in [7, 11) is 0. The van der Waals surface area contributed by atoms with Crippen molar-refractivity contribution in [2.75, 3.05) is 0 Å². The lowest BCUT2D eigenvalue weighted by Crippen LogP contribution is -1.83. The van der Waals surface area contributed by atoms with Gasteiger partial charge >= 0.3 is 0 Å². The number of rotatable bonds is 0. The van der Waals surface area contributed by atoms with Crippen LogP contribution in [0.2, 0.25) is 0 Å². The molecule has 0 saturated heterocycles. The van der Waals surface area contributed by atoms with Crippen molar-refractivity contribution in [3.05, 3.63) is 41.7 Å². The van der Waals surface area contributed by atoms with Gasteiger partial charge in [-0.05, 0) is 32.0 Å². The summed E-state index contributed by atoms with van der Waals surface area (Å²) < 4.78 is 0. The van der Waals surface area contributed by atoms with E-state index in [1.165, 1.54) is 16.5 Å². The van der Waals surface area contributed by atoms with Crippen LogP contribution in [0.4, 0.5) is 0 Å². The van der Waals surface area contributed by atoms with Crippen LogP contribution in [0.3, 0.4) is 0 Å². The Morgan fingerprint density at radius 1 is 1.07 bits per heavy atom. The van der Waals surface area contributed by atoms with E-state index in [9.17, 15) is 0 Å². The molecule has 0 atom stereocenters. The number of H-pyrrole nitrogens is 1. The van der Waals surface area contributed by atoms with E-state index in [1.54, 1.807) is 0 Å². The first-order valence-electron chi connectivity index (χ1n) is 5.10. The number of aromatic amines is 1. The molecule has 0 aliphatic heterocycles. The van der Waals surface area contributed by atoms with E-state index >= 15 is 0 Å². The van der Waals surface area contributed by atoms with Crippen molar-refractivity contribution in [2.24, 2.45) is 0 Å². The second-order valence-electron chi connectivity index (χ2n) is 4.00. The molecule has 15 heavy (non-hydrogen) atoms. The van der Waals surface area contributed by atoms with Gasteiger partial charge in [-0.25, -0.2) is 0 Å². The Kier molecular flexibility index (Phi) is 1.60. The molecule has 0 fully saturated rings. The van der Waals surface area contributed by atoms with Crippen molar-refractivity contribution >= 4 is 21.8 Å². The maximum Gasteiger partial charge on any atom is 0.0798 e. The quantitative estimate of drug-likeness (QED) is 0.587. The topological polar surface area (TPSA) is 28.7 Å². The number of nitrogens with one attached hydrogen (secondary N) is 1. The van der Waals surface area contributed by atoms with Gasteiger partial charge in [-0.1, -0.05) is 12.1 Å². The average molecular weight is 196 g/mol. The highest BCUT2D eigenvalue weighted by Gasteiger charge is 2.03. The first kappa shape index (κ1) is 8.48. The summed E-state index contributed by atoms with van der Waals surface area (Å²) in [6.45, 7) is 4.10. The fourth-order valence-electron chi connectivity index (χ4n) is 2.03. The summed E-state index contributed by atoms with van der Waals surface area (Å²) in [6.07, 6.45) is 0. The summed E-state index contributed by atoms with van der Waals surface area (Å²) in [5.41, 5.74) is 4.50. The normalized spacial score (nSPS) is 11.3. The van der Waals surface area contributed by atoms with Gasteiger partial charge in [-0.15, -0.1) is 0 Å². The molecule has 0 unspecified atom stereocenters. The zero-order valence-corrected chi connectivity index (χ0v) is 8.83. The Morgan fingerprint density at radius 2 is 1.87 bits per heavy atom. The Hall–Kier alpha value is -1.83. The van der Waals surface area contributed by atoms with Gasteiger partial charge in [0.15, 0.2) is 0 Å². The van der Waals surface area contributed by atoms with Gasteiger partial charge in [0, 0.05) is 27.7 Å². The molecular weight excluding hydrogens is 184 g/mol. The molecule has 2 heterocycles. The molecule has 2 heteroatoms. The van der Waals surface area contributed by atoms with Crippen LogP contribution in [-0.4, -0.2) is 9.97 Å². The number of nitrogens with zero attached hydrogens (tertiary/aromatic N) is 1. The van der Waals surface area contributed by atoms with E-state index in [2.05, 4.69) is 41.2 Å². The van der Waals surface area contributed by atoms with Crippen LogP contribution >= 0.6 is 0 Å². The standard InChI is InChI=1S/C13H12N2/c1-8-3-4-10-5-6-12-11(13(10)15-8)7-9(2)14-12/h3-7,14H,1-2H3. The number of hydrogen-bond acceptors (Lipinski definition) is 1. The van der Waals surface area contributed by atoms with Gasteiger partial charge in [0.25, 0.3) is 0 Å². The molecule has 0 aliphatic rings. The third-order valence-corrected chi connectivity index (χ3v) is 2.73. The highest BCUT2D eigenvalue weighted by Crippen LogP contribution is 2.24. The van der Waals surface area contributed by atoms with Crippen LogP contribution in [0.25, 0.3) is 21.8 Å². The van der Waals surface area contributed by atoms with Crippen molar-refractivity contribution in [1.82, 2.24) is 9.97 Å². The van der Waals surface area contributed by atoms with E-state index in [-0.39, 0.29) is 0 Å². The first-order chi connectivity index (χ1) is 7.24. The zero-order chi connectivity index (χ0) is 10.4. The first-order valence-corrected chi connectivity index (χ1v) is 5.10. The van der Waals surface area contributed by atoms with Gasteiger partial charge < -0.3 is 4.98 Å². The maximum absolute atomic E-state index is 4.60. The second kappa shape index (κ2) is 2.83. The summed E-state index contributed by atoms with van der Waals surface area (Å²) in [5, 5.41) is 2.42. The minimum absolute atomic E-state index is 1.06. The van der Waals surface area contributed by atoms with Crippen molar-refractivity contribution in [3.63, 3.8) is 0 Å². The van der Waals surface area contributed by atoms with E-state index in [1.807, 2.05) is 13.0 Å². The van der Waals surface area contributed by atoms with Crippen LogP contribution in [0.1, 0.15) is 11.4 Å². The van der Waals surface area contributed by atoms with Gasteiger partial charge in [0.2, 0.25) is 0 Å². The van der Waals surface area contributed by atoms with Crippen molar-refractivity contribution in [2.45, 2.75) is 13.8 Å². The molecule has 0 spiro atoms. The van der Waals surface area contributed by atoms with E-state index < -0.39 is 0 Å². The molecule has 74 valence electrons. The third kappa shape index (κ3) is 1.22. The molecular formula is C13H12N2. The van der Waals surface area contributed by atoms with Crippen LogP contribution in [0, 0.1) is 13.8 Å². The predicted molar refractivity (Wildman–Crippen MR) is 63.1 cm³/mol. The minimum atomic E-state index is 1.06. The lowest BCUT2D eigenvalue weighted by Gasteiger charge is -1.99. The molecule has 3 aromatic rings. The largest absolute Gasteiger partial charge is 0.359 e. The molecule has 0 bridgehead atoms. The molecule has 2 nitrogen and oxygen atoms in total. The van der Waals surface area contributed by atoms with Crippen molar-refractivity contribution in [3.8, 4) is 0 Å². The maximum atomic E-state index is 4.60. The lowest BCUT2D eigenvalue weighted by atomic mass is 10.1. The molecule has 0 radical (unpaired) electrons. The zero-order valence-electron chi connectivity index (χ0n) is 8.83. The molecule has 3 rings (SSSR count). The van der Waals surface area contributed by atoms with E-state index in [4.69, 9.17) is 0 Å². The van der Waals surface area contributed by atoms with Gasteiger partial charge in [-0.2, -0.15) is 0 Å². The summed E-state index contributed by atoms with van der Waals surface area (Å²) in [6, 6.07) is 10.6. The van der Waals surface area contributed by atoms with E-state index in [0.717, 1.165) is 16.7 Å². The Bertz CT molecular complexity index is 650.